The summed E-state index contributed by atoms with van der Waals surface area (Å²) >= 11 is 0. The van der Waals surface area contributed by atoms with Crippen LogP contribution < -0.4 is 20.5 Å². The van der Waals surface area contributed by atoms with E-state index in [-0.39, 0.29) is 0 Å². The van der Waals surface area contributed by atoms with Crippen molar-refractivity contribution in [3.05, 3.63) is 60.9 Å². The molecule has 7 heteroatoms. The van der Waals surface area contributed by atoms with Gasteiger partial charge in [-0.05, 0) is 68.6 Å². The van der Waals surface area contributed by atoms with Crippen molar-refractivity contribution in [2.45, 2.75) is 25.7 Å². The Morgan fingerprint density at radius 2 is 1.62 bits per heavy atom. The molecular formula is C25H32N4O3. The summed E-state index contributed by atoms with van der Waals surface area (Å²) < 4.78 is 16.7. The molecule has 0 aliphatic carbocycles. The Morgan fingerprint density at radius 1 is 0.844 bits per heavy atom. The van der Waals surface area contributed by atoms with Crippen LogP contribution in [-0.4, -0.2) is 43.4 Å². The van der Waals surface area contributed by atoms with Crippen molar-refractivity contribution in [1.29, 1.82) is 0 Å². The minimum atomic E-state index is 0.656. The van der Waals surface area contributed by atoms with E-state index in [0.29, 0.717) is 6.61 Å². The average Bonchev–Trinajstić information content (AvgIpc) is 2.84. The highest BCUT2D eigenvalue weighted by Gasteiger charge is 2.05. The zero-order chi connectivity index (χ0) is 22.4. The van der Waals surface area contributed by atoms with Crippen LogP contribution in [0.15, 0.2) is 60.9 Å². The summed E-state index contributed by atoms with van der Waals surface area (Å²) in [6, 6.07) is 17.6. The molecule has 1 heterocycles. The number of nitrogens with zero attached hydrogens (tertiary/aromatic N) is 2. The van der Waals surface area contributed by atoms with Crippen molar-refractivity contribution in [3.8, 4) is 22.8 Å². The van der Waals surface area contributed by atoms with Gasteiger partial charge in [0.05, 0.1) is 19.4 Å². The van der Waals surface area contributed by atoms with Gasteiger partial charge in [0, 0.05) is 30.5 Å². The highest BCUT2D eigenvalue weighted by Crippen LogP contribution is 2.25. The third kappa shape index (κ3) is 7.83. The van der Waals surface area contributed by atoms with Gasteiger partial charge in [-0.25, -0.2) is 9.97 Å². The summed E-state index contributed by atoms with van der Waals surface area (Å²) in [4.78, 5) is 8.74. The van der Waals surface area contributed by atoms with Gasteiger partial charge >= 0.3 is 0 Å². The molecule has 0 saturated heterocycles. The number of hydrogen-bond donors (Lipinski definition) is 2. The summed E-state index contributed by atoms with van der Waals surface area (Å²) in [5.74, 6) is 2.36. The molecule has 0 unspecified atom stereocenters. The maximum absolute atomic E-state index is 5.92. The van der Waals surface area contributed by atoms with E-state index in [0.717, 1.165) is 79.7 Å². The number of nitrogens with two attached hydrogens (primary N) is 1. The Morgan fingerprint density at radius 3 is 2.41 bits per heavy atom. The molecule has 170 valence electrons. The number of benzene rings is 2. The van der Waals surface area contributed by atoms with E-state index in [4.69, 9.17) is 19.9 Å². The standard InChI is InChI=1S/C25H32N4O3/c1-30-22-11-9-21(10-12-22)29-25-18-24(27-19-28-25)20-7-6-8-23(17-20)32-16-5-4-15-31-14-3-2-13-26/h6-12,17-19H,2-5,13-16,26H2,1H3,(H,27,28,29). The van der Waals surface area contributed by atoms with Gasteiger partial charge in [-0.2, -0.15) is 0 Å². The second-order valence-corrected chi connectivity index (χ2v) is 7.33. The number of ether oxygens (including phenoxy) is 3. The maximum atomic E-state index is 5.92. The van der Waals surface area contributed by atoms with Crippen LogP contribution in [0.3, 0.4) is 0 Å². The molecule has 0 fully saturated rings. The molecule has 3 aromatic rings. The van der Waals surface area contributed by atoms with Gasteiger partial charge in [0.15, 0.2) is 0 Å². The van der Waals surface area contributed by atoms with Crippen LogP contribution in [0.5, 0.6) is 11.5 Å². The normalized spacial score (nSPS) is 10.7. The lowest BCUT2D eigenvalue weighted by Crippen LogP contribution is -2.04. The molecule has 0 saturated carbocycles. The summed E-state index contributed by atoms with van der Waals surface area (Å²) in [7, 11) is 1.65. The van der Waals surface area contributed by atoms with E-state index in [1.165, 1.54) is 0 Å². The van der Waals surface area contributed by atoms with E-state index < -0.39 is 0 Å². The fourth-order valence-corrected chi connectivity index (χ4v) is 3.10. The van der Waals surface area contributed by atoms with Gasteiger partial charge in [0.2, 0.25) is 0 Å². The second-order valence-electron chi connectivity index (χ2n) is 7.33. The summed E-state index contributed by atoms with van der Waals surface area (Å²) in [5.41, 5.74) is 8.20. The van der Waals surface area contributed by atoms with Crippen LogP contribution in [-0.2, 0) is 4.74 Å². The summed E-state index contributed by atoms with van der Waals surface area (Å²) in [6.45, 7) is 2.93. The molecule has 0 radical (unpaired) electrons. The number of anilines is 2. The molecule has 3 N–H and O–H groups in total. The molecule has 3 rings (SSSR count). The van der Waals surface area contributed by atoms with Crippen LogP contribution in [0.1, 0.15) is 25.7 Å². The van der Waals surface area contributed by atoms with Crippen LogP contribution in [0.4, 0.5) is 11.5 Å². The molecule has 2 aromatic carbocycles. The lowest BCUT2D eigenvalue weighted by atomic mass is 10.1. The van der Waals surface area contributed by atoms with Crippen molar-refractivity contribution in [1.82, 2.24) is 9.97 Å². The van der Waals surface area contributed by atoms with E-state index >= 15 is 0 Å². The fourth-order valence-electron chi connectivity index (χ4n) is 3.10. The first-order valence-corrected chi connectivity index (χ1v) is 11.0. The molecule has 32 heavy (non-hydrogen) atoms. The lowest BCUT2D eigenvalue weighted by Gasteiger charge is -2.10. The van der Waals surface area contributed by atoms with Crippen molar-refractivity contribution >= 4 is 11.5 Å². The van der Waals surface area contributed by atoms with Crippen LogP contribution >= 0.6 is 0 Å². The molecule has 0 bridgehead atoms. The van der Waals surface area contributed by atoms with E-state index in [9.17, 15) is 0 Å². The number of nitrogens with one attached hydrogen (secondary N) is 1. The van der Waals surface area contributed by atoms with Gasteiger partial charge < -0.3 is 25.3 Å². The molecule has 1 aromatic heterocycles. The predicted octanol–water partition coefficient (Wildman–Crippen LogP) is 4.81. The van der Waals surface area contributed by atoms with Crippen molar-refractivity contribution < 1.29 is 14.2 Å². The molecule has 0 amide bonds. The Labute approximate surface area is 189 Å². The van der Waals surface area contributed by atoms with Gasteiger partial charge in [-0.15, -0.1) is 0 Å². The van der Waals surface area contributed by atoms with Crippen molar-refractivity contribution in [3.63, 3.8) is 0 Å². The molecule has 0 aliphatic rings. The minimum absolute atomic E-state index is 0.656. The number of unbranched alkanes of at least 4 members (excludes halogenated alkanes) is 2. The van der Waals surface area contributed by atoms with Gasteiger partial charge in [0.1, 0.15) is 23.6 Å². The molecule has 0 aliphatic heterocycles. The Bertz CT molecular complexity index is 934. The van der Waals surface area contributed by atoms with Crippen LogP contribution in [0, 0.1) is 0 Å². The number of rotatable bonds is 14. The van der Waals surface area contributed by atoms with Crippen molar-refractivity contribution in [2.24, 2.45) is 5.73 Å². The SMILES string of the molecule is COc1ccc(Nc2cc(-c3cccc(OCCCCOCCCCN)c3)ncn2)cc1. The summed E-state index contributed by atoms with van der Waals surface area (Å²) in [5, 5.41) is 3.29. The highest BCUT2D eigenvalue weighted by atomic mass is 16.5. The first-order chi connectivity index (χ1) is 15.8. The Hall–Kier alpha value is -3.16. The van der Waals surface area contributed by atoms with Crippen LogP contribution in [0.2, 0.25) is 0 Å². The quantitative estimate of drug-likeness (QED) is 0.350. The van der Waals surface area contributed by atoms with E-state index in [2.05, 4.69) is 15.3 Å². The first-order valence-electron chi connectivity index (χ1n) is 11.0. The number of methoxy groups -OCH3 is 1. The zero-order valence-corrected chi connectivity index (χ0v) is 18.6. The fraction of sp³-hybridized carbons (Fsp3) is 0.360. The molecule has 7 nitrogen and oxygen atoms in total. The monoisotopic (exact) mass is 436 g/mol. The maximum Gasteiger partial charge on any atom is 0.134 e. The van der Waals surface area contributed by atoms with Gasteiger partial charge in [-0.3, -0.25) is 0 Å². The predicted molar refractivity (Wildman–Crippen MR) is 128 cm³/mol. The largest absolute Gasteiger partial charge is 0.497 e. The zero-order valence-electron chi connectivity index (χ0n) is 18.6. The first kappa shape index (κ1) is 23.5. The molecule has 0 atom stereocenters. The topological polar surface area (TPSA) is 91.5 Å². The Kier molecular flexibility index (Phi) is 9.76. The van der Waals surface area contributed by atoms with Gasteiger partial charge in [0.25, 0.3) is 0 Å². The van der Waals surface area contributed by atoms with E-state index in [1.807, 2.05) is 54.6 Å². The third-order valence-electron chi connectivity index (χ3n) is 4.85. The Balaban J connectivity index is 1.49. The number of aromatic nitrogens is 2. The van der Waals surface area contributed by atoms with E-state index in [1.54, 1.807) is 13.4 Å². The molecule has 0 spiro atoms. The molecular weight excluding hydrogens is 404 g/mol. The van der Waals surface area contributed by atoms with Crippen LogP contribution in [0.25, 0.3) is 11.3 Å². The highest BCUT2D eigenvalue weighted by molar-refractivity contribution is 5.66. The number of hydrogen-bond acceptors (Lipinski definition) is 7. The second kappa shape index (κ2) is 13.3. The third-order valence-corrected chi connectivity index (χ3v) is 4.85. The van der Waals surface area contributed by atoms with Gasteiger partial charge in [-0.1, -0.05) is 12.1 Å². The average molecular weight is 437 g/mol. The lowest BCUT2D eigenvalue weighted by molar-refractivity contribution is 0.123. The summed E-state index contributed by atoms with van der Waals surface area (Å²) in [6.07, 6.45) is 5.53. The van der Waals surface area contributed by atoms with Crippen molar-refractivity contribution in [2.75, 3.05) is 38.8 Å². The smallest absolute Gasteiger partial charge is 0.134 e. The minimum Gasteiger partial charge on any atom is -0.497 e.